The summed E-state index contributed by atoms with van der Waals surface area (Å²) in [6.45, 7) is 1.75. The molecule has 18 heavy (non-hydrogen) atoms. The molecule has 94 valence electrons. The molecule has 0 fully saturated rings. The highest BCUT2D eigenvalue weighted by molar-refractivity contribution is 9.10. The van der Waals surface area contributed by atoms with Crippen molar-refractivity contribution >= 4 is 21.7 Å². The largest absolute Gasteiger partial charge is 0.385 e. The van der Waals surface area contributed by atoms with E-state index in [1.165, 1.54) is 0 Å². The van der Waals surface area contributed by atoms with E-state index in [1.54, 1.807) is 25.3 Å². The van der Waals surface area contributed by atoms with Gasteiger partial charge in [0.2, 0.25) is 0 Å². The second-order valence-corrected chi connectivity index (χ2v) is 5.43. The van der Waals surface area contributed by atoms with E-state index in [0.717, 1.165) is 10.0 Å². The Morgan fingerprint density at radius 3 is 2.56 bits per heavy atom. The van der Waals surface area contributed by atoms with Gasteiger partial charge < -0.3 is 10.8 Å². The minimum atomic E-state index is -1.02. The number of hydrogen-bond donors (Lipinski definition) is 2. The quantitative estimate of drug-likeness (QED) is 0.916. The molecule has 1 unspecified atom stereocenters. The monoisotopic (exact) mass is 306 g/mol. The fourth-order valence-electron chi connectivity index (χ4n) is 1.97. The maximum atomic E-state index is 10.6. The Morgan fingerprint density at radius 2 is 1.94 bits per heavy atom. The Labute approximate surface area is 115 Å². The molecule has 2 rings (SSSR count). The number of nitrogen functional groups attached to an aromatic ring is 1. The fourth-order valence-corrected chi connectivity index (χ4v) is 2.23. The number of aromatic nitrogens is 1. The van der Waals surface area contributed by atoms with Crippen LogP contribution in [0.4, 0.5) is 5.82 Å². The molecule has 1 aromatic heterocycles. The molecule has 1 aromatic carbocycles. The van der Waals surface area contributed by atoms with Gasteiger partial charge in [-0.15, -0.1) is 0 Å². The van der Waals surface area contributed by atoms with Crippen molar-refractivity contribution in [1.29, 1.82) is 0 Å². The Kier molecular flexibility index (Phi) is 3.68. The Bertz CT molecular complexity index is 538. The van der Waals surface area contributed by atoms with Gasteiger partial charge in [-0.05, 0) is 30.7 Å². The number of hydrogen-bond acceptors (Lipinski definition) is 3. The van der Waals surface area contributed by atoms with Crippen molar-refractivity contribution in [2.75, 3.05) is 5.73 Å². The Hall–Kier alpha value is -1.39. The van der Waals surface area contributed by atoms with Crippen LogP contribution in [0.1, 0.15) is 18.1 Å². The third-order valence-electron chi connectivity index (χ3n) is 2.88. The summed E-state index contributed by atoms with van der Waals surface area (Å²) in [5.41, 5.74) is 6.49. The molecule has 1 atom stereocenters. The molecular formula is C14H15BrN2O. The van der Waals surface area contributed by atoms with Crippen LogP contribution in [-0.4, -0.2) is 10.1 Å². The van der Waals surface area contributed by atoms with Gasteiger partial charge in [0.05, 0.1) is 5.60 Å². The first-order valence-corrected chi connectivity index (χ1v) is 6.46. The van der Waals surface area contributed by atoms with E-state index in [1.807, 2.05) is 24.3 Å². The first kappa shape index (κ1) is 13.1. The molecule has 4 heteroatoms. The summed E-state index contributed by atoms with van der Waals surface area (Å²) in [5.74, 6) is 0.375. The van der Waals surface area contributed by atoms with Crippen molar-refractivity contribution < 1.29 is 5.11 Å². The van der Waals surface area contributed by atoms with Crippen LogP contribution in [0.25, 0.3) is 0 Å². The Morgan fingerprint density at radius 1 is 1.28 bits per heavy atom. The number of rotatable bonds is 3. The first-order chi connectivity index (χ1) is 8.49. The third-order valence-corrected chi connectivity index (χ3v) is 3.41. The van der Waals surface area contributed by atoms with E-state index < -0.39 is 5.60 Å². The summed E-state index contributed by atoms with van der Waals surface area (Å²) in [6, 6.07) is 11.5. The van der Waals surface area contributed by atoms with Gasteiger partial charge in [0.1, 0.15) is 5.82 Å². The zero-order valence-corrected chi connectivity index (χ0v) is 11.7. The average molecular weight is 307 g/mol. The number of pyridine rings is 1. The maximum Gasteiger partial charge on any atom is 0.129 e. The lowest BCUT2D eigenvalue weighted by Gasteiger charge is -2.24. The molecule has 0 amide bonds. The van der Waals surface area contributed by atoms with Gasteiger partial charge in [-0.25, -0.2) is 4.98 Å². The first-order valence-electron chi connectivity index (χ1n) is 5.67. The molecule has 0 saturated carbocycles. The maximum absolute atomic E-state index is 10.6. The lowest BCUT2D eigenvalue weighted by atomic mass is 9.89. The molecule has 0 aliphatic rings. The minimum Gasteiger partial charge on any atom is -0.385 e. The predicted molar refractivity (Wildman–Crippen MR) is 76.1 cm³/mol. The smallest absolute Gasteiger partial charge is 0.129 e. The van der Waals surface area contributed by atoms with Gasteiger partial charge in [-0.1, -0.05) is 34.1 Å². The van der Waals surface area contributed by atoms with Gasteiger partial charge in [-0.3, -0.25) is 0 Å². The number of benzene rings is 1. The predicted octanol–water partition coefficient (Wildman–Crippen LogP) is 2.88. The van der Waals surface area contributed by atoms with Crippen LogP contribution in [0.2, 0.25) is 0 Å². The van der Waals surface area contributed by atoms with Crippen molar-refractivity contribution in [2.24, 2.45) is 0 Å². The number of nitrogens with two attached hydrogens (primary N) is 1. The van der Waals surface area contributed by atoms with E-state index in [2.05, 4.69) is 20.9 Å². The molecule has 3 N–H and O–H groups in total. The van der Waals surface area contributed by atoms with Crippen molar-refractivity contribution in [3.8, 4) is 0 Å². The van der Waals surface area contributed by atoms with Gasteiger partial charge >= 0.3 is 0 Å². The molecule has 0 aliphatic heterocycles. The molecule has 2 aromatic rings. The van der Waals surface area contributed by atoms with Crippen LogP contribution >= 0.6 is 15.9 Å². The average Bonchev–Trinajstić information content (AvgIpc) is 2.32. The van der Waals surface area contributed by atoms with Crippen LogP contribution in [-0.2, 0) is 12.0 Å². The summed E-state index contributed by atoms with van der Waals surface area (Å²) >= 11 is 3.39. The van der Waals surface area contributed by atoms with Crippen LogP contribution in [0.3, 0.4) is 0 Å². The third kappa shape index (κ3) is 2.89. The lowest BCUT2D eigenvalue weighted by molar-refractivity contribution is 0.0581. The fraction of sp³-hybridized carbons (Fsp3) is 0.214. The van der Waals surface area contributed by atoms with Gasteiger partial charge in [0.25, 0.3) is 0 Å². The standard InChI is InChI=1S/C14H15BrN2O/c1-14(18,12-3-2-8-17-13(12)16)9-10-4-6-11(15)7-5-10/h2-8,18H,9H2,1H3,(H2,16,17). The van der Waals surface area contributed by atoms with E-state index in [9.17, 15) is 5.11 Å². The SMILES string of the molecule is CC(O)(Cc1ccc(Br)cc1)c1cccnc1N. The molecule has 3 nitrogen and oxygen atoms in total. The summed E-state index contributed by atoms with van der Waals surface area (Å²) in [7, 11) is 0. The molecule has 0 aliphatic carbocycles. The second-order valence-electron chi connectivity index (χ2n) is 4.51. The summed E-state index contributed by atoms with van der Waals surface area (Å²) in [5, 5.41) is 10.6. The van der Waals surface area contributed by atoms with E-state index in [0.29, 0.717) is 17.8 Å². The normalized spacial score (nSPS) is 14.2. The topological polar surface area (TPSA) is 59.1 Å². The molecule has 0 spiro atoms. The van der Waals surface area contributed by atoms with Crippen molar-refractivity contribution in [2.45, 2.75) is 18.9 Å². The highest BCUT2D eigenvalue weighted by atomic mass is 79.9. The zero-order valence-electron chi connectivity index (χ0n) is 10.1. The van der Waals surface area contributed by atoms with Gasteiger partial charge in [-0.2, -0.15) is 0 Å². The van der Waals surface area contributed by atoms with Crippen LogP contribution in [0.15, 0.2) is 47.1 Å². The molecule has 0 radical (unpaired) electrons. The van der Waals surface area contributed by atoms with Crippen molar-refractivity contribution in [3.05, 3.63) is 58.2 Å². The van der Waals surface area contributed by atoms with E-state index in [4.69, 9.17) is 5.73 Å². The Balaban J connectivity index is 2.27. The van der Waals surface area contributed by atoms with Crippen molar-refractivity contribution in [3.63, 3.8) is 0 Å². The summed E-state index contributed by atoms with van der Waals surface area (Å²) in [6.07, 6.45) is 2.12. The lowest BCUT2D eigenvalue weighted by Crippen LogP contribution is -2.26. The highest BCUT2D eigenvalue weighted by Crippen LogP contribution is 2.28. The number of anilines is 1. The van der Waals surface area contributed by atoms with Crippen molar-refractivity contribution in [1.82, 2.24) is 4.98 Å². The number of nitrogens with zero attached hydrogens (tertiary/aromatic N) is 1. The number of aliphatic hydroxyl groups is 1. The van der Waals surface area contributed by atoms with Crippen LogP contribution in [0.5, 0.6) is 0 Å². The number of halogens is 1. The molecular weight excluding hydrogens is 292 g/mol. The van der Waals surface area contributed by atoms with Crippen LogP contribution in [0, 0.1) is 0 Å². The highest BCUT2D eigenvalue weighted by Gasteiger charge is 2.26. The van der Waals surface area contributed by atoms with E-state index >= 15 is 0 Å². The second kappa shape index (κ2) is 5.08. The molecule has 0 saturated heterocycles. The molecule has 0 bridgehead atoms. The van der Waals surface area contributed by atoms with Crippen LogP contribution < -0.4 is 5.73 Å². The van der Waals surface area contributed by atoms with Gasteiger partial charge in [0.15, 0.2) is 0 Å². The summed E-state index contributed by atoms with van der Waals surface area (Å²) < 4.78 is 1.02. The minimum absolute atomic E-state index is 0.375. The summed E-state index contributed by atoms with van der Waals surface area (Å²) in [4.78, 5) is 4.01. The van der Waals surface area contributed by atoms with E-state index in [-0.39, 0.29) is 0 Å². The molecule has 1 heterocycles. The van der Waals surface area contributed by atoms with Gasteiger partial charge in [0, 0.05) is 22.7 Å². The zero-order chi connectivity index (χ0) is 13.2.